The SMILES string of the molecule is CCCNCC1(Cc2c(Br)c(C)nn2CC)CC1. The molecule has 0 radical (unpaired) electrons. The Bertz CT molecular complexity index is 407. The summed E-state index contributed by atoms with van der Waals surface area (Å²) in [5.41, 5.74) is 2.99. The lowest BCUT2D eigenvalue weighted by Crippen LogP contribution is -2.27. The van der Waals surface area contributed by atoms with Crippen molar-refractivity contribution < 1.29 is 0 Å². The molecule has 0 unspecified atom stereocenters. The van der Waals surface area contributed by atoms with Gasteiger partial charge in [-0.25, -0.2) is 0 Å². The second-order valence-electron chi connectivity index (χ2n) is 5.52. The molecule has 102 valence electrons. The molecular formula is C14H24BrN3. The number of aryl methyl sites for hydroxylation is 2. The molecule has 1 aromatic rings. The molecule has 1 fully saturated rings. The van der Waals surface area contributed by atoms with E-state index in [-0.39, 0.29) is 0 Å². The molecule has 0 spiro atoms. The highest BCUT2D eigenvalue weighted by molar-refractivity contribution is 9.10. The largest absolute Gasteiger partial charge is 0.316 e. The molecule has 2 rings (SSSR count). The van der Waals surface area contributed by atoms with Crippen LogP contribution in [0.5, 0.6) is 0 Å². The fourth-order valence-corrected chi connectivity index (χ4v) is 2.94. The van der Waals surface area contributed by atoms with Crippen LogP contribution in [0.2, 0.25) is 0 Å². The van der Waals surface area contributed by atoms with Crippen molar-refractivity contribution in [2.24, 2.45) is 5.41 Å². The van der Waals surface area contributed by atoms with Crippen LogP contribution in [0.4, 0.5) is 0 Å². The second-order valence-corrected chi connectivity index (χ2v) is 6.31. The Morgan fingerprint density at radius 3 is 2.67 bits per heavy atom. The fraction of sp³-hybridized carbons (Fsp3) is 0.786. The fourth-order valence-electron chi connectivity index (χ4n) is 2.52. The van der Waals surface area contributed by atoms with Crippen LogP contribution >= 0.6 is 15.9 Å². The van der Waals surface area contributed by atoms with E-state index in [1.165, 1.54) is 29.4 Å². The Morgan fingerprint density at radius 1 is 1.39 bits per heavy atom. The van der Waals surface area contributed by atoms with Gasteiger partial charge in [0.05, 0.1) is 15.9 Å². The summed E-state index contributed by atoms with van der Waals surface area (Å²) < 4.78 is 3.37. The van der Waals surface area contributed by atoms with E-state index in [9.17, 15) is 0 Å². The normalized spacial score (nSPS) is 17.1. The molecule has 3 nitrogen and oxygen atoms in total. The number of aromatic nitrogens is 2. The molecule has 0 bridgehead atoms. The number of nitrogens with zero attached hydrogens (tertiary/aromatic N) is 2. The third-order valence-corrected chi connectivity index (χ3v) is 4.91. The summed E-state index contributed by atoms with van der Waals surface area (Å²) in [6.07, 6.45) is 5.07. The number of halogens is 1. The lowest BCUT2D eigenvalue weighted by Gasteiger charge is -2.17. The van der Waals surface area contributed by atoms with Crippen LogP contribution < -0.4 is 5.32 Å². The van der Waals surface area contributed by atoms with Crippen LogP contribution in [0.1, 0.15) is 44.5 Å². The van der Waals surface area contributed by atoms with Gasteiger partial charge in [0, 0.05) is 13.1 Å². The minimum atomic E-state index is 0.497. The quantitative estimate of drug-likeness (QED) is 0.783. The standard InChI is InChI=1S/C14H24BrN3/c1-4-8-16-10-14(6-7-14)9-12-13(15)11(3)17-18(12)5-2/h16H,4-10H2,1-3H3. The number of hydrogen-bond donors (Lipinski definition) is 1. The van der Waals surface area contributed by atoms with Crippen molar-refractivity contribution in [3.8, 4) is 0 Å². The molecule has 0 atom stereocenters. The van der Waals surface area contributed by atoms with E-state index < -0.39 is 0 Å². The maximum absolute atomic E-state index is 4.59. The predicted molar refractivity (Wildman–Crippen MR) is 78.9 cm³/mol. The first kappa shape index (κ1) is 14.1. The molecule has 0 aromatic carbocycles. The maximum Gasteiger partial charge on any atom is 0.0738 e. The molecule has 1 N–H and O–H groups in total. The summed E-state index contributed by atoms with van der Waals surface area (Å²) in [7, 11) is 0. The van der Waals surface area contributed by atoms with Gasteiger partial charge in [-0.15, -0.1) is 0 Å². The van der Waals surface area contributed by atoms with E-state index in [2.05, 4.69) is 51.8 Å². The van der Waals surface area contributed by atoms with Crippen molar-refractivity contribution in [2.75, 3.05) is 13.1 Å². The lowest BCUT2D eigenvalue weighted by molar-refractivity contribution is 0.437. The monoisotopic (exact) mass is 313 g/mol. The molecular weight excluding hydrogens is 290 g/mol. The summed E-state index contributed by atoms with van der Waals surface area (Å²) in [5, 5.41) is 8.16. The van der Waals surface area contributed by atoms with Crippen molar-refractivity contribution in [2.45, 2.75) is 53.0 Å². The van der Waals surface area contributed by atoms with Crippen molar-refractivity contribution in [3.05, 3.63) is 15.9 Å². The highest BCUT2D eigenvalue weighted by atomic mass is 79.9. The summed E-state index contributed by atoms with van der Waals surface area (Å²) in [4.78, 5) is 0. The predicted octanol–water partition coefficient (Wildman–Crippen LogP) is 3.30. The van der Waals surface area contributed by atoms with Crippen LogP contribution in [0, 0.1) is 12.3 Å². The summed E-state index contributed by atoms with van der Waals surface area (Å²) in [6.45, 7) is 9.71. The Kier molecular flexibility index (Phi) is 4.49. The Hall–Kier alpha value is -0.350. The first-order chi connectivity index (χ1) is 8.62. The molecule has 1 saturated carbocycles. The van der Waals surface area contributed by atoms with Gasteiger partial charge in [0.1, 0.15) is 0 Å². The van der Waals surface area contributed by atoms with Crippen LogP contribution in [-0.4, -0.2) is 22.9 Å². The van der Waals surface area contributed by atoms with Crippen LogP contribution in [0.3, 0.4) is 0 Å². The molecule has 1 heterocycles. The second kappa shape index (κ2) is 5.74. The molecule has 0 aliphatic heterocycles. The molecule has 0 saturated heterocycles. The smallest absolute Gasteiger partial charge is 0.0738 e. The minimum absolute atomic E-state index is 0.497. The Balaban J connectivity index is 2.04. The van der Waals surface area contributed by atoms with Crippen molar-refractivity contribution in [1.82, 2.24) is 15.1 Å². The Labute approximate surface area is 118 Å². The van der Waals surface area contributed by atoms with Gasteiger partial charge in [-0.3, -0.25) is 4.68 Å². The van der Waals surface area contributed by atoms with Crippen molar-refractivity contribution in [1.29, 1.82) is 0 Å². The van der Waals surface area contributed by atoms with Gasteiger partial charge < -0.3 is 5.32 Å². The lowest BCUT2D eigenvalue weighted by atomic mass is 10.00. The molecule has 1 aliphatic rings. The van der Waals surface area contributed by atoms with Crippen LogP contribution in [0.15, 0.2) is 4.47 Å². The zero-order valence-electron chi connectivity index (χ0n) is 11.7. The van der Waals surface area contributed by atoms with Crippen molar-refractivity contribution >= 4 is 15.9 Å². The summed E-state index contributed by atoms with van der Waals surface area (Å²) in [6, 6.07) is 0. The molecule has 1 aromatic heterocycles. The highest BCUT2D eigenvalue weighted by Crippen LogP contribution is 2.48. The highest BCUT2D eigenvalue weighted by Gasteiger charge is 2.43. The van der Waals surface area contributed by atoms with E-state index in [0.717, 1.165) is 31.7 Å². The minimum Gasteiger partial charge on any atom is -0.316 e. The van der Waals surface area contributed by atoms with Crippen molar-refractivity contribution in [3.63, 3.8) is 0 Å². The summed E-state index contributed by atoms with van der Waals surface area (Å²) in [5.74, 6) is 0. The molecule has 4 heteroatoms. The van der Waals surface area contributed by atoms with Crippen LogP contribution in [0.25, 0.3) is 0 Å². The zero-order chi connectivity index (χ0) is 13.2. The molecule has 0 amide bonds. The van der Waals surface area contributed by atoms with Gasteiger partial charge in [0.15, 0.2) is 0 Å². The number of rotatable bonds is 7. The van der Waals surface area contributed by atoms with Gasteiger partial charge in [-0.05, 0) is 67.4 Å². The number of nitrogens with one attached hydrogen (secondary N) is 1. The molecule has 18 heavy (non-hydrogen) atoms. The third-order valence-electron chi connectivity index (χ3n) is 3.88. The third kappa shape index (κ3) is 2.97. The van der Waals surface area contributed by atoms with E-state index in [4.69, 9.17) is 0 Å². The topological polar surface area (TPSA) is 29.9 Å². The number of hydrogen-bond acceptors (Lipinski definition) is 2. The average Bonchev–Trinajstić information content (AvgIpc) is 3.07. The maximum atomic E-state index is 4.59. The van der Waals surface area contributed by atoms with Gasteiger partial charge >= 0.3 is 0 Å². The first-order valence-corrected chi connectivity index (χ1v) is 7.83. The average molecular weight is 314 g/mol. The zero-order valence-corrected chi connectivity index (χ0v) is 13.3. The van der Waals surface area contributed by atoms with E-state index in [0.29, 0.717) is 5.41 Å². The summed E-state index contributed by atoms with van der Waals surface area (Å²) >= 11 is 3.70. The van der Waals surface area contributed by atoms with E-state index in [1.807, 2.05) is 0 Å². The molecule has 1 aliphatic carbocycles. The van der Waals surface area contributed by atoms with Gasteiger partial charge in [0.2, 0.25) is 0 Å². The first-order valence-electron chi connectivity index (χ1n) is 7.04. The van der Waals surface area contributed by atoms with Gasteiger partial charge in [-0.2, -0.15) is 5.10 Å². The van der Waals surface area contributed by atoms with E-state index >= 15 is 0 Å². The van der Waals surface area contributed by atoms with Crippen LogP contribution in [-0.2, 0) is 13.0 Å². The van der Waals surface area contributed by atoms with E-state index in [1.54, 1.807) is 0 Å². The Morgan fingerprint density at radius 2 is 2.11 bits per heavy atom. The van der Waals surface area contributed by atoms with Gasteiger partial charge in [-0.1, -0.05) is 6.92 Å². The van der Waals surface area contributed by atoms with Gasteiger partial charge in [0.25, 0.3) is 0 Å².